The Labute approximate surface area is 107 Å². The highest BCUT2D eigenvalue weighted by Crippen LogP contribution is 2.35. The predicted molar refractivity (Wildman–Crippen MR) is 62.9 cm³/mol. The standard InChI is InChI=1S/C10H16F3N3OS/c1-4-6(2)18-5-7-15-8(17-16-7)9(3,14)10(11,12)13/h6H,4-5,14H2,1-3H3. The van der Waals surface area contributed by atoms with Gasteiger partial charge in [-0.1, -0.05) is 19.0 Å². The second kappa shape index (κ2) is 5.48. The van der Waals surface area contributed by atoms with Gasteiger partial charge in [0.25, 0.3) is 5.89 Å². The number of aromatic nitrogens is 2. The van der Waals surface area contributed by atoms with Crippen LogP contribution >= 0.6 is 11.8 Å². The molecule has 0 saturated heterocycles. The molecule has 0 fully saturated rings. The van der Waals surface area contributed by atoms with E-state index < -0.39 is 17.6 Å². The minimum absolute atomic E-state index is 0.233. The lowest BCUT2D eigenvalue weighted by Gasteiger charge is -2.22. The second-order valence-electron chi connectivity index (χ2n) is 4.25. The van der Waals surface area contributed by atoms with Gasteiger partial charge in [-0.25, -0.2) is 0 Å². The lowest BCUT2D eigenvalue weighted by atomic mass is 10.0. The fraction of sp³-hybridized carbons (Fsp3) is 0.800. The Morgan fingerprint density at radius 3 is 2.56 bits per heavy atom. The van der Waals surface area contributed by atoms with Crippen molar-refractivity contribution < 1.29 is 17.7 Å². The highest BCUT2D eigenvalue weighted by Gasteiger charge is 2.53. The maximum Gasteiger partial charge on any atom is 0.415 e. The molecule has 1 heterocycles. The largest absolute Gasteiger partial charge is 0.415 e. The average Bonchev–Trinajstić information content (AvgIpc) is 2.73. The number of nitrogens with zero attached hydrogens (tertiary/aromatic N) is 2. The molecular formula is C10H16F3N3OS. The summed E-state index contributed by atoms with van der Waals surface area (Å²) < 4.78 is 42.5. The van der Waals surface area contributed by atoms with E-state index in [-0.39, 0.29) is 5.82 Å². The van der Waals surface area contributed by atoms with Gasteiger partial charge in [0.1, 0.15) is 0 Å². The molecule has 0 aromatic carbocycles. The minimum Gasteiger partial charge on any atom is -0.337 e. The number of rotatable bonds is 5. The molecule has 1 rings (SSSR count). The number of hydrogen-bond acceptors (Lipinski definition) is 5. The van der Waals surface area contributed by atoms with Crippen LogP contribution in [0.4, 0.5) is 13.2 Å². The Bertz CT molecular complexity index is 392. The third kappa shape index (κ3) is 3.38. The summed E-state index contributed by atoms with van der Waals surface area (Å²) in [6, 6.07) is 0. The van der Waals surface area contributed by atoms with Crippen molar-refractivity contribution in [2.24, 2.45) is 5.73 Å². The van der Waals surface area contributed by atoms with Gasteiger partial charge in [-0.2, -0.15) is 29.9 Å². The molecule has 1 aromatic rings. The van der Waals surface area contributed by atoms with Crippen molar-refractivity contribution >= 4 is 11.8 Å². The summed E-state index contributed by atoms with van der Waals surface area (Å²) in [5, 5.41) is 3.90. The van der Waals surface area contributed by atoms with E-state index in [0.717, 1.165) is 13.3 Å². The summed E-state index contributed by atoms with van der Waals surface area (Å²) in [5.41, 5.74) is 2.57. The molecule has 0 radical (unpaired) electrons. The monoisotopic (exact) mass is 283 g/mol. The van der Waals surface area contributed by atoms with Gasteiger partial charge in [-0.3, -0.25) is 0 Å². The first-order valence-electron chi connectivity index (χ1n) is 5.48. The Morgan fingerprint density at radius 2 is 2.06 bits per heavy atom. The van der Waals surface area contributed by atoms with Crippen LogP contribution in [0.3, 0.4) is 0 Å². The number of halogens is 3. The predicted octanol–water partition coefficient (Wildman–Crippen LogP) is 2.84. The van der Waals surface area contributed by atoms with Gasteiger partial charge in [0.05, 0.1) is 5.75 Å². The number of thioether (sulfide) groups is 1. The molecule has 104 valence electrons. The molecule has 8 heteroatoms. The highest BCUT2D eigenvalue weighted by molar-refractivity contribution is 7.99. The number of hydrogen-bond donors (Lipinski definition) is 1. The van der Waals surface area contributed by atoms with E-state index in [4.69, 9.17) is 5.73 Å². The SMILES string of the molecule is CCC(C)SCc1noc(C(C)(N)C(F)(F)F)n1. The van der Waals surface area contributed by atoms with Crippen LogP contribution in [-0.4, -0.2) is 21.6 Å². The van der Waals surface area contributed by atoms with Crippen LogP contribution in [0.1, 0.15) is 38.9 Å². The van der Waals surface area contributed by atoms with E-state index >= 15 is 0 Å². The molecule has 2 atom stereocenters. The van der Waals surface area contributed by atoms with Crippen LogP contribution < -0.4 is 5.73 Å². The molecule has 0 spiro atoms. The van der Waals surface area contributed by atoms with Crippen molar-refractivity contribution in [2.45, 2.75) is 49.9 Å². The molecule has 0 aliphatic carbocycles. The molecular weight excluding hydrogens is 267 g/mol. The van der Waals surface area contributed by atoms with Crippen molar-refractivity contribution in [2.75, 3.05) is 0 Å². The van der Waals surface area contributed by atoms with E-state index in [2.05, 4.69) is 14.7 Å². The van der Waals surface area contributed by atoms with Gasteiger partial charge in [0.2, 0.25) is 0 Å². The zero-order chi connectivity index (χ0) is 14.0. The first kappa shape index (κ1) is 15.3. The first-order valence-corrected chi connectivity index (χ1v) is 6.53. The van der Waals surface area contributed by atoms with Crippen molar-refractivity contribution in [1.29, 1.82) is 0 Å². The summed E-state index contributed by atoms with van der Waals surface area (Å²) in [5.74, 6) is 0.0397. The van der Waals surface area contributed by atoms with Gasteiger partial charge >= 0.3 is 6.18 Å². The average molecular weight is 283 g/mol. The van der Waals surface area contributed by atoms with Crippen molar-refractivity contribution in [3.05, 3.63) is 11.7 Å². The maximum atomic E-state index is 12.6. The van der Waals surface area contributed by atoms with Gasteiger partial charge in [-0.05, 0) is 13.3 Å². The zero-order valence-corrected chi connectivity index (χ0v) is 11.2. The quantitative estimate of drug-likeness (QED) is 0.900. The number of alkyl halides is 3. The Balaban J connectivity index is 2.75. The summed E-state index contributed by atoms with van der Waals surface area (Å²) >= 11 is 1.55. The van der Waals surface area contributed by atoms with Crippen LogP contribution in [0, 0.1) is 0 Å². The zero-order valence-electron chi connectivity index (χ0n) is 10.4. The topological polar surface area (TPSA) is 64.9 Å². The van der Waals surface area contributed by atoms with E-state index in [9.17, 15) is 13.2 Å². The second-order valence-corrected chi connectivity index (χ2v) is 5.67. The third-order valence-electron chi connectivity index (χ3n) is 2.57. The summed E-state index contributed by atoms with van der Waals surface area (Å²) in [7, 11) is 0. The molecule has 2 N–H and O–H groups in total. The smallest absolute Gasteiger partial charge is 0.337 e. The highest BCUT2D eigenvalue weighted by atomic mass is 32.2. The molecule has 4 nitrogen and oxygen atoms in total. The van der Waals surface area contributed by atoms with Gasteiger partial charge in [-0.15, -0.1) is 0 Å². The van der Waals surface area contributed by atoms with Crippen LogP contribution in [0.5, 0.6) is 0 Å². The molecule has 2 unspecified atom stereocenters. The molecule has 0 amide bonds. The summed E-state index contributed by atoms with van der Waals surface area (Å²) in [6.07, 6.45) is -3.66. The Hall–Kier alpha value is -0.760. The lowest BCUT2D eigenvalue weighted by molar-refractivity contribution is -0.190. The maximum absolute atomic E-state index is 12.6. The lowest BCUT2D eigenvalue weighted by Crippen LogP contribution is -2.48. The first-order chi connectivity index (χ1) is 8.18. The Kier molecular flexibility index (Phi) is 4.66. The minimum atomic E-state index is -4.62. The fourth-order valence-corrected chi connectivity index (χ4v) is 1.77. The van der Waals surface area contributed by atoms with E-state index in [1.807, 2.05) is 13.8 Å². The molecule has 0 aliphatic heterocycles. The van der Waals surface area contributed by atoms with E-state index in [0.29, 0.717) is 11.0 Å². The van der Waals surface area contributed by atoms with Crippen LogP contribution in [0.2, 0.25) is 0 Å². The van der Waals surface area contributed by atoms with Gasteiger partial charge in [0, 0.05) is 5.25 Å². The molecule has 18 heavy (non-hydrogen) atoms. The normalized spacial score (nSPS) is 17.5. The molecule has 1 aromatic heterocycles. The molecule has 0 bridgehead atoms. The van der Waals surface area contributed by atoms with E-state index in [1.165, 1.54) is 0 Å². The van der Waals surface area contributed by atoms with Crippen LogP contribution in [-0.2, 0) is 11.3 Å². The van der Waals surface area contributed by atoms with Crippen molar-refractivity contribution in [1.82, 2.24) is 10.1 Å². The molecule has 0 aliphatic rings. The number of nitrogens with two attached hydrogens (primary N) is 1. The van der Waals surface area contributed by atoms with Crippen molar-refractivity contribution in [3.63, 3.8) is 0 Å². The molecule has 0 saturated carbocycles. The Morgan fingerprint density at radius 1 is 1.44 bits per heavy atom. The summed E-state index contributed by atoms with van der Waals surface area (Å²) in [6.45, 7) is 4.86. The van der Waals surface area contributed by atoms with Gasteiger partial charge < -0.3 is 10.3 Å². The van der Waals surface area contributed by atoms with Crippen LogP contribution in [0.15, 0.2) is 4.52 Å². The van der Waals surface area contributed by atoms with Crippen molar-refractivity contribution in [3.8, 4) is 0 Å². The summed E-state index contributed by atoms with van der Waals surface area (Å²) in [4.78, 5) is 3.71. The van der Waals surface area contributed by atoms with E-state index in [1.54, 1.807) is 11.8 Å². The fourth-order valence-electron chi connectivity index (χ4n) is 0.979. The van der Waals surface area contributed by atoms with Gasteiger partial charge in [0.15, 0.2) is 11.4 Å². The third-order valence-corrected chi connectivity index (χ3v) is 3.90. The van der Waals surface area contributed by atoms with Crippen LogP contribution in [0.25, 0.3) is 0 Å².